The van der Waals surface area contributed by atoms with Crippen LogP contribution < -0.4 is 4.57 Å². The molecule has 1 aliphatic rings. The molecule has 0 saturated carbocycles. The minimum absolute atomic E-state index is 0.0272. The Bertz CT molecular complexity index is 1260. The Labute approximate surface area is 191 Å². The third-order valence-corrected chi connectivity index (χ3v) is 7.54. The van der Waals surface area contributed by atoms with Crippen molar-refractivity contribution in [3.05, 3.63) is 96.7 Å². The molecule has 0 radical (unpaired) electrons. The minimum atomic E-state index is -0.0819. The molecule has 0 spiro atoms. The SMILES string of the molecule is CCCC1(C)[n+]2cc(-c3ccccc3)nc(-c3ccccc3)c2-c2ccccc2C1(C)C. The molecule has 1 atom stereocenters. The van der Waals surface area contributed by atoms with Gasteiger partial charge >= 0.3 is 0 Å². The van der Waals surface area contributed by atoms with E-state index in [1.165, 1.54) is 16.8 Å². The number of fused-ring (bicyclic) bond motifs is 3. The van der Waals surface area contributed by atoms with Crippen LogP contribution in [0.5, 0.6) is 0 Å². The van der Waals surface area contributed by atoms with Gasteiger partial charge in [-0.2, -0.15) is 4.57 Å². The first-order valence-corrected chi connectivity index (χ1v) is 11.7. The highest BCUT2D eigenvalue weighted by Crippen LogP contribution is 2.49. The minimum Gasteiger partial charge on any atom is -0.234 e. The Morgan fingerprint density at radius 1 is 0.750 bits per heavy atom. The molecule has 1 unspecified atom stereocenters. The number of benzene rings is 3. The molecule has 0 aliphatic carbocycles. The molecular formula is C30H31N2+. The van der Waals surface area contributed by atoms with Crippen LogP contribution in [-0.4, -0.2) is 4.98 Å². The van der Waals surface area contributed by atoms with E-state index in [1.807, 2.05) is 0 Å². The Kier molecular flexibility index (Phi) is 4.97. The summed E-state index contributed by atoms with van der Waals surface area (Å²) in [7, 11) is 0. The number of hydrogen-bond donors (Lipinski definition) is 0. The average Bonchev–Trinajstić information content (AvgIpc) is 2.83. The summed E-state index contributed by atoms with van der Waals surface area (Å²) in [6, 6.07) is 30.1. The first-order chi connectivity index (χ1) is 15.5. The molecule has 2 heteroatoms. The zero-order valence-electron chi connectivity index (χ0n) is 19.5. The zero-order chi connectivity index (χ0) is 22.3. The second-order valence-corrected chi connectivity index (χ2v) is 9.62. The van der Waals surface area contributed by atoms with Gasteiger partial charge in [-0.05, 0) is 31.9 Å². The summed E-state index contributed by atoms with van der Waals surface area (Å²) >= 11 is 0. The van der Waals surface area contributed by atoms with Crippen LogP contribution in [0.2, 0.25) is 0 Å². The fraction of sp³-hybridized carbons (Fsp3) is 0.267. The van der Waals surface area contributed by atoms with Gasteiger partial charge in [-0.15, -0.1) is 0 Å². The summed E-state index contributed by atoms with van der Waals surface area (Å²) in [4.78, 5) is 5.28. The summed E-state index contributed by atoms with van der Waals surface area (Å²) in [6.45, 7) is 9.53. The summed E-state index contributed by atoms with van der Waals surface area (Å²) < 4.78 is 2.55. The molecule has 1 aliphatic heterocycles. The maximum atomic E-state index is 5.28. The van der Waals surface area contributed by atoms with E-state index in [2.05, 4.69) is 123 Å². The highest BCUT2D eigenvalue weighted by Gasteiger charge is 2.56. The van der Waals surface area contributed by atoms with Crippen LogP contribution in [0.15, 0.2) is 91.1 Å². The highest BCUT2D eigenvalue weighted by molar-refractivity contribution is 5.80. The summed E-state index contributed by atoms with van der Waals surface area (Å²) in [6.07, 6.45) is 4.52. The van der Waals surface area contributed by atoms with Gasteiger partial charge in [0.2, 0.25) is 5.69 Å². The van der Waals surface area contributed by atoms with E-state index in [0.29, 0.717) is 0 Å². The predicted molar refractivity (Wildman–Crippen MR) is 132 cm³/mol. The third-order valence-electron chi connectivity index (χ3n) is 7.54. The summed E-state index contributed by atoms with van der Waals surface area (Å²) in [5.74, 6) is 0. The number of aromatic nitrogens is 2. The van der Waals surface area contributed by atoms with Crippen molar-refractivity contribution in [3.63, 3.8) is 0 Å². The lowest BCUT2D eigenvalue weighted by Crippen LogP contribution is -2.67. The topological polar surface area (TPSA) is 16.8 Å². The van der Waals surface area contributed by atoms with Crippen LogP contribution >= 0.6 is 0 Å². The van der Waals surface area contributed by atoms with Gasteiger partial charge in [-0.3, -0.25) is 0 Å². The van der Waals surface area contributed by atoms with Crippen LogP contribution in [0.3, 0.4) is 0 Å². The van der Waals surface area contributed by atoms with Crippen LogP contribution in [0.25, 0.3) is 33.8 Å². The lowest BCUT2D eigenvalue weighted by Gasteiger charge is -2.45. The Morgan fingerprint density at radius 2 is 1.34 bits per heavy atom. The molecular weight excluding hydrogens is 388 g/mol. The van der Waals surface area contributed by atoms with E-state index >= 15 is 0 Å². The maximum Gasteiger partial charge on any atom is 0.239 e. The van der Waals surface area contributed by atoms with Crippen molar-refractivity contribution >= 4 is 0 Å². The van der Waals surface area contributed by atoms with Gasteiger partial charge < -0.3 is 0 Å². The molecule has 2 nitrogen and oxygen atoms in total. The molecule has 0 saturated heterocycles. The molecule has 0 amide bonds. The molecule has 4 aromatic rings. The molecule has 2 heterocycles. The Hall–Kier alpha value is -3.26. The van der Waals surface area contributed by atoms with Crippen molar-refractivity contribution in [2.75, 3.05) is 0 Å². The molecule has 32 heavy (non-hydrogen) atoms. The quantitative estimate of drug-likeness (QED) is 0.320. The average molecular weight is 420 g/mol. The third kappa shape index (κ3) is 3.01. The van der Waals surface area contributed by atoms with Crippen LogP contribution in [0.4, 0.5) is 0 Å². The Morgan fingerprint density at radius 3 is 2.00 bits per heavy atom. The molecule has 3 aromatic carbocycles. The smallest absolute Gasteiger partial charge is 0.234 e. The molecule has 160 valence electrons. The lowest BCUT2D eigenvalue weighted by atomic mass is 9.62. The van der Waals surface area contributed by atoms with Crippen LogP contribution in [0.1, 0.15) is 46.1 Å². The fourth-order valence-electron chi connectivity index (χ4n) is 5.44. The standard InChI is InChI=1S/C30H31N2/c1-5-20-30(4)29(2,3)25-19-13-12-18-24(25)28-27(23-16-10-7-11-17-23)31-26(21-32(28)30)22-14-8-6-9-15-22/h6-19,21H,5,20H2,1-4H3/q+1. The second-order valence-electron chi connectivity index (χ2n) is 9.62. The molecule has 0 N–H and O–H groups in total. The highest BCUT2D eigenvalue weighted by atomic mass is 15.1. The van der Waals surface area contributed by atoms with E-state index in [0.717, 1.165) is 35.4 Å². The van der Waals surface area contributed by atoms with E-state index in [-0.39, 0.29) is 11.0 Å². The van der Waals surface area contributed by atoms with E-state index in [9.17, 15) is 0 Å². The van der Waals surface area contributed by atoms with Gasteiger partial charge in [0.05, 0.1) is 11.0 Å². The van der Waals surface area contributed by atoms with Crippen molar-refractivity contribution in [2.24, 2.45) is 0 Å². The summed E-state index contributed by atoms with van der Waals surface area (Å²) in [5.41, 5.74) is 8.18. The maximum absolute atomic E-state index is 5.28. The predicted octanol–water partition coefficient (Wildman–Crippen LogP) is 7.18. The number of rotatable bonds is 4. The largest absolute Gasteiger partial charge is 0.239 e. The molecule has 5 rings (SSSR count). The van der Waals surface area contributed by atoms with E-state index < -0.39 is 0 Å². The molecule has 1 aromatic heterocycles. The first kappa shape index (κ1) is 20.6. The van der Waals surface area contributed by atoms with Gasteiger partial charge in [0.1, 0.15) is 11.4 Å². The van der Waals surface area contributed by atoms with E-state index in [1.54, 1.807) is 0 Å². The number of nitrogens with zero attached hydrogens (tertiary/aromatic N) is 2. The number of hydrogen-bond acceptors (Lipinski definition) is 1. The second kappa shape index (κ2) is 7.70. The van der Waals surface area contributed by atoms with Gasteiger partial charge in [-0.1, -0.05) is 85.8 Å². The van der Waals surface area contributed by atoms with Crippen molar-refractivity contribution in [1.29, 1.82) is 0 Å². The molecule has 0 bridgehead atoms. The lowest BCUT2D eigenvalue weighted by molar-refractivity contribution is -0.764. The molecule has 0 fully saturated rings. The monoisotopic (exact) mass is 419 g/mol. The van der Waals surface area contributed by atoms with Crippen LogP contribution in [0, 0.1) is 0 Å². The van der Waals surface area contributed by atoms with Gasteiger partial charge in [0.25, 0.3) is 0 Å². The van der Waals surface area contributed by atoms with Crippen molar-refractivity contribution in [2.45, 2.75) is 51.5 Å². The normalized spacial score (nSPS) is 18.6. The Balaban J connectivity index is 1.93. The van der Waals surface area contributed by atoms with Gasteiger partial charge in [0, 0.05) is 24.5 Å². The zero-order valence-corrected chi connectivity index (χ0v) is 19.5. The van der Waals surface area contributed by atoms with Crippen molar-refractivity contribution < 1.29 is 4.57 Å². The van der Waals surface area contributed by atoms with Crippen molar-refractivity contribution in [1.82, 2.24) is 4.98 Å². The van der Waals surface area contributed by atoms with E-state index in [4.69, 9.17) is 4.98 Å². The van der Waals surface area contributed by atoms with Gasteiger partial charge in [0.15, 0.2) is 11.7 Å². The van der Waals surface area contributed by atoms with Crippen molar-refractivity contribution in [3.8, 4) is 33.8 Å². The van der Waals surface area contributed by atoms with Gasteiger partial charge in [-0.25, -0.2) is 4.98 Å². The summed E-state index contributed by atoms with van der Waals surface area (Å²) in [5, 5.41) is 0. The van der Waals surface area contributed by atoms with Crippen LogP contribution in [-0.2, 0) is 11.0 Å². The fourth-order valence-corrected chi connectivity index (χ4v) is 5.44. The first-order valence-electron chi connectivity index (χ1n) is 11.7.